The molecule has 1 saturated carbocycles. The fourth-order valence-electron chi connectivity index (χ4n) is 3.02. The maximum absolute atomic E-state index is 10.7. The van der Waals surface area contributed by atoms with Gasteiger partial charge in [-0.2, -0.15) is 0 Å². The van der Waals surface area contributed by atoms with Gasteiger partial charge in [-0.1, -0.05) is 46.5 Å². The number of carboxylic acid groups (broad SMARTS) is 1. The van der Waals surface area contributed by atoms with E-state index in [-0.39, 0.29) is 17.9 Å². The number of rotatable bonds is 12. The van der Waals surface area contributed by atoms with Gasteiger partial charge in [0.2, 0.25) is 0 Å². The molecule has 21 heavy (non-hydrogen) atoms. The molecule has 1 aliphatic rings. The van der Waals surface area contributed by atoms with Crippen molar-refractivity contribution >= 4 is 5.97 Å². The maximum Gasteiger partial charge on any atom is 0.303 e. The number of hydrogen-bond acceptors (Lipinski definition) is 2. The van der Waals surface area contributed by atoms with Gasteiger partial charge in [0.05, 0.1) is 12.5 Å². The van der Waals surface area contributed by atoms with Gasteiger partial charge in [0.25, 0.3) is 0 Å². The second-order valence-electron chi connectivity index (χ2n) is 8.19. The molecule has 0 aliphatic heterocycles. The minimum atomic E-state index is -0.718. The monoisotopic (exact) mass is 298 g/mol. The minimum Gasteiger partial charge on any atom is -0.481 e. The Morgan fingerprint density at radius 1 is 1.14 bits per heavy atom. The van der Waals surface area contributed by atoms with Crippen LogP contribution in [0.5, 0.6) is 0 Å². The lowest BCUT2D eigenvalue weighted by molar-refractivity contribution is -0.139. The van der Waals surface area contributed by atoms with Gasteiger partial charge in [-0.15, -0.1) is 0 Å². The van der Waals surface area contributed by atoms with E-state index in [1.807, 2.05) is 13.8 Å². The van der Waals surface area contributed by atoms with Crippen LogP contribution >= 0.6 is 0 Å². The molecule has 0 amide bonds. The van der Waals surface area contributed by atoms with E-state index < -0.39 is 5.97 Å². The summed E-state index contributed by atoms with van der Waals surface area (Å²) in [6, 6.07) is 0. The summed E-state index contributed by atoms with van der Waals surface area (Å²) in [7, 11) is 0. The Labute approximate surface area is 130 Å². The Hall–Kier alpha value is -0.570. The lowest BCUT2D eigenvalue weighted by Gasteiger charge is -2.22. The smallest absolute Gasteiger partial charge is 0.303 e. The summed E-state index contributed by atoms with van der Waals surface area (Å²) in [5.41, 5.74) is 0.511. The topological polar surface area (TPSA) is 57.5 Å². The molecule has 1 unspecified atom stereocenters. The van der Waals surface area contributed by atoms with Gasteiger partial charge in [0.15, 0.2) is 0 Å². The Balaban J connectivity index is 1.97. The summed E-state index contributed by atoms with van der Waals surface area (Å²) >= 11 is 0. The highest BCUT2D eigenvalue weighted by atomic mass is 16.4. The fourth-order valence-corrected chi connectivity index (χ4v) is 3.02. The summed E-state index contributed by atoms with van der Waals surface area (Å²) in [5.74, 6) is -0.718. The zero-order valence-electron chi connectivity index (χ0n) is 14.2. The number of hydrogen-bond donors (Lipinski definition) is 2. The predicted octanol–water partition coefficient (Wildman–Crippen LogP) is 4.77. The zero-order chi connectivity index (χ0) is 15.9. The molecular weight excluding hydrogens is 264 g/mol. The number of aliphatic carboxylic acids is 1. The van der Waals surface area contributed by atoms with Crippen molar-refractivity contribution in [3.8, 4) is 0 Å². The first-order valence-corrected chi connectivity index (χ1v) is 8.62. The molecular formula is C18H34O3. The first kappa shape index (κ1) is 18.5. The Morgan fingerprint density at radius 3 is 2.24 bits per heavy atom. The van der Waals surface area contributed by atoms with Crippen LogP contribution in [0.15, 0.2) is 0 Å². The van der Waals surface area contributed by atoms with Crippen LogP contribution in [0.25, 0.3) is 0 Å². The van der Waals surface area contributed by atoms with Gasteiger partial charge >= 0.3 is 5.97 Å². The van der Waals surface area contributed by atoms with Crippen molar-refractivity contribution in [2.45, 2.75) is 97.5 Å². The van der Waals surface area contributed by atoms with Crippen molar-refractivity contribution in [1.29, 1.82) is 0 Å². The second-order valence-corrected chi connectivity index (χ2v) is 8.19. The third-order valence-electron chi connectivity index (χ3n) is 4.94. The summed E-state index contributed by atoms with van der Waals surface area (Å²) in [4.78, 5) is 10.7. The van der Waals surface area contributed by atoms with Gasteiger partial charge in [0.1, 0.15) is 0 Å². The second kappa shape index (κ2) is 8.17. The Kier molecular flexibility index (Phi) is 7.19. The van der Waals surface area contributed by atoms with Crippen LogP contribution in [0.2, 0.25) is 0 Å². The standard InChI is InChI=1S/C18H34O3/c1-17(2,14-16(20)21)10-6-4-8-15(19)9-5-7-11-18(3)12-13-18/h15,19H,4-14H2,1-3H3,(H,20,21). The highest BCUT2D eigenvalue weighted by Crippen LogP contribution is 2.49. The number of aliphatic hydroxyl groups excluding tert-OH is 1. The lowest BCUT2D eigenvalue weighted by Crippen LogP contribution is -2.17. The van der Waals surface area contributed by atoms with Crippen LogP contribution in [-0.2, 0) is 4.79 Å². The first-order valence-electron chi connectivity index (χ1n) is 8.62. The van der Waals surface area contributed by atoms with E-state index in [0.29, 0.717) is 5.41 Å². The Bertz CT molecular complexity index is 318. The maximum atomic E-state index is 10.7. The molecule has 1 aliphatic carbocycles. The molecule has 0 spiro atoms. The molecule has 0 bridgehead atoms. The normalized spacial score (nSPS) is 18.5. The Morgan fingerprint density at radius 2 is 1.71 bits per heavy atom. The molecule has 1 atom stereocenters. The van der Waals surface area contributed by atoms with E-state index in [4.69, 9.17) is 5.11 Å². The highest BCUT2D eigenvalue weighted by Gasteiger charge is 2.35. The minimum absolute atomic E-state index is 0.128. The average molecular weight is 298 g/mol. The molecule has 0 aromatic heterocycles. The first-order chi connectivity index (χ1) is 9.72. The molecule has 124 valence electrons. The molecule has 2 N–H and O–H groups in total. The fraction of sp³-hybridized carbons (Fsp3) is 0.944. The van der Waals surface area contributed by atoms with Gasteiger partial charge < -0.3 is 10.2 Å². The zero-order valence-corrected chi connectivity index (χ0v) is 14.2. The van der Waals surface area contributed by atoms with Crippen LogP contribution in [0.3, 0.4) is 0 Å². The van der Waals surface area contributed by atoms with Crippen molar-refractivity contribution in [1.82, 2.24) is 0 Å². The lowest BCUT2D eigenvalue weighted by atomic mass is 9.83. The summed E-state index contributed by atoms with van der Waals surface area (Å²) in [5, 5.41) is 18.8. The van der Waals surface area contributed by atoms with Crippen molar-refractivity contribution in [2.24, 2.45) is 10.8 Å². The number of carboxylic acids is 1. The molecule has 1 fully saturated rings. The molecule has 0 aromatic carbocycles. The summed E-state index contributed by atoms with van der Waals surface area (Å²) in [6.07, 6.45) is 11.3. The molecule has 0 saturated heterocycles. The molecule has 3 nitrogen and oxygen atoms in total. The van der Waals surface area contributed by atoms with E-state index in [1.165, 1.54) is 25.7 Å². The van der Waals surface area contributed by atoms with Crippen LogP contribution < -0.4 is 0 Å². The van der Waals surface area contributed by atoms with E-state index >= 15 is 0 Å². The third-order valence-corrected chi connectivity index (χ3v) is 4.94. The van der Waals surface area contributed by atoms with Gasteiger partial charge in [0, 0.05) is 0 Å². The number of unbranched alkanes of at least 4 members (excludes halogenated alkanes) is 2. The largest absolute Gasteiger partial charge is 0.481 e. The molecule has 0 radical (unpaired) electrons. The highest BCUT2D eigenvalue weighted by molar-refractivity contribution is 5.67. The van der Waals surface area contributed by atoms with Crippen LogP contribution in [-0.4, -0.2) is 22.3 Å². The molecule has 1 rings (SSSR count). The van der Waals surface area contributed by atoms with Gasteiger partial charge in [-0.25, -0.2) is 0 Å². The predicted molar refractivity (Wildman–Crippen MR) is 86.3 cm³/mol. The van der Waals surface area contributed by atoms with Crippen LogP contribution in [0.1, 0.15) is 91.4 Å². The summed E-state index contributed by atoms with van der Waals surface area (Å²) < 4.78 is 0. The van der Waals surface area contributed by atoms with E-state index in [2.05, 4.69) is 6.92 Å². The van der Waals surface area contributed by atoms with Gasteiger partial charge in [-0.05, 0) is 49.4 Å². The van der Waals surface area contributed by atoms with E-state index in [0.717, 1.165) is 38.5 Å². The van der Waals surface area contributed by atoms with E-state index in [1.54, 1.807) is 0 Å². The van der Waals surface area contributed by atoms with Crippen molar-refractivity contribution in [3.05, 3.63) is 0 Å². The van der Waals surface area contributed by atoms with E-state index in [9.17, 15) is 9.90 Å². The molecule has 0 aromatic rings. The molecule has 3 heteroatoms. The SMILES string of the molecule is CC(C)(CCCCC(O)CCCCC1(C)CC1)CC(=O)O. The summed E-state index contributed by atoms with van der Waals surface area (Å²) in [6.45, 7) is 6.38. The molecule has 0 heterocycles. The van der Waals surface area contributed by atoms with Crippen LogP contribution in [0.4, 0.5) is 0 Å². The van der Waals surface area contributed by atoms with Gasteiger partial charge in [-0.3, -0.25) is 4.79 Å². The third kappa shape index (κ3) is 9.13. The number of carbonyl (C=O) groups is 1. The van der Waals surface area contributed by atoms with Crippen molar-refractivity contribution in [3.63, 3.8) is 0 Å². The number of aliphatic hydroxyl groups is 1. The average Bonchev–Trinajstić information content (AvgIpc) is 3.07. The quantitative estimate of drug-likeness (QED) is 0.510. The van der Waals surface area contributed by atoms with Crippen molar-refractivity contribution < 1.29 is 15.0 Å². The van der Waals surface area contributed by atoms with Crippen LogP contribution in [0, 0.1) is 10.8 Å². The van der Waals surface area contributed by atoms with Crippen molar-refractivity contribution in [2.75, 3.05) is 0 Å².